The third-order valence-corrected chi connectivity index (χ3v) is 6.41. The number of sulfonamides is 1. The fraction of sp³-hybridized carbons (Fsp3) is 0.611. The molecule has 0 bridgehead atoms. The van der Waals surface area contributed by atoms with Gasteiger partial charge in [-0.3, -0.25) is 4.99 Å². The highest BCUT2D eigenvalue weighted by Gasteiger charge is 2.27. The van der Waals surface area contributed by atoms with E-state index in [2.05, 4.69) is 26.9 Å². The first kappa shape index (κ1) is 18.2. The summed E-state index contributed by atoms with van der Waals surface area (Å²) in [6.07, 6.45) is 4.27. The van der Waals surface area contributed by atoms with Gasteiger partial charge in [0.25, 0.3) is 0 Å². The molecule has 25 heavy (non-hydrogen) atoms. The van der Waals surface area contributed by atoms with E-state index in [-0.39, 0.29) is 6.04 Å². The summed E-state index contributed by atoms with van der Waals surface area (Å²) in [5.74, 6) is 1.70. The molecule has 1 saturated carbocycles. The van der Waals surface area contributed by atoms with Crippen LogP contribution in [0.5, 0.6) is 0 Å². The maximum absolute atomic E-state index is 12.2. The van der Waals surface area contributed by atoms with E-state index in [9.17, 15) is 8.42 Å². The quantitative estimate of drug-likeness (QED) is 0.618. The Labute approximate surface area is 150 Å². The average molecular weight is 365 g/mol. The van der Waals surface area contributed by atoms with E-state index in [0.717, 1.165) is 43.4 Å². The SMILES string of the molecule is CN=C(NCc1ccc(S(=O)(=O)NC2CC2)cc1)N1CCC(C)CC1. The molecule has 7 heteroatoms. The highest BCUT2D eigenvalue weighted by atomic mass is 32.2. The zero-order chi connectivity index (χ0) is 17.9. The Bertz CT molecular complexity index is 703. The molecule has 2 N–H and O–H groups in total. The molecule has 2 aliphatic rings. The molecule has 1 aliphatic carbocycles. The van der Waals surface area contributed by atoms with Crippen molar-refractivity contribution in [3.8, 4) is 0 Å². The van der Waals surface area contributed by atoms with Gasteiger partial charge in [-0.25, -0.2) is 13.1 Å². The minimum absolute atomic E-state index is 0.127. The van der Waals surface area contributed by atoms with Gasteiger partial charge in [-0.15, -0.1) is 0 Å². The molecule has 2 fully saturated rings. The van der Waals surface area contributed by atoms with Crippen molar-refractivity contribution in [2.75, 3.05) is 20.1 Å². The number of hydrogen-bond donors (Lipinski definition) is 2. The van der Waals surface area contributed by atoms with Gasteiger partial charge in [0.05, 0.1) is 4.90 Å². The Morgan fingerprint density at radius 1 is 1.16 bits per heavy atom. The van der Waals surface area contributed by atoms with Crippen molar-refractivity contribution < 1.29 is 8.42 Å². The Balaban J connectivity index is 1.55. The lowest BCUT2D eigenvalue weighted by atomic mass is 10.00. The van der Waals surface area contributed by atoms with Crippen LogP contribution in [0.25, 0.3) is 0 Å². The van der Waals surface area contributed by atoms with Crippen LogP contribution in [0.15, 0.2) is 34.2 Å². The number of benzene rings is 1. The highest BCUT2D eigenvalue weighted by molar-refractivity contribution is 7.89. The van der Waals surface area contributed by atoms with Crippen LogP contribution < -0.4 is 10.0 Å². The van der Waals surface area contributed by atoms with Gasteiger partial charge in [-0.1, -0.05) is 19.1 Å². The molecule has 0 unspecified atom stereocenters. The molecular formula is C18H28N4O2S. The molecule has 138 valence electrons. The number of nitrogens with zero attached hydrogens (tertiary/aromatic N) is 2. The summed E-state index contributed by atoms with van der Waals surface area (Å²) in [5.41, 5.74) is 1.04. The topological polar surface area (TPSA) is 73.8 Å². The summed E-state index contributed by atoms with van der Waals surface area (Å²) in [7, 11) is -1.57. The Morgan fingerprint density at radius 3 is 2.36 bits per heavy atom. The van der Waals surface area contributed by atoms with Crippen LogP contribution >= 0.6 is 0 Å². The van der Waals surface area contributed by atoms with Gasteiger partial charge >= 0.3 is 0 Å². The third kappa shape index (κ3) is 4.95. The van der Waals surface area contributed by atoms with Crippen molar-refractivity contribution in [1.29, 1.82) is 0 Å². The summed E-state index contributed by atoms with van der Waals surface area (Å²) in [5, 5.41) is 3.38. The van der Waals surface area contributed by atoms with Gasteiger partial charge in [0.1, 0.15) is 0 Å². The first-order valence-electron chi connectivity index (χ1n) is 9.05. The summed E-state index contributed by atoms with van der Waals surface area (Å²) < 4.78 is 27.1. The van der Waals surface area contributed by atoms with Gasteiger partial charge in [0.15, 0.2) is 5.96 Å². The second-order valence-electron chi connectivity index (χ2n) is 7.11. The monoisotopic (exact) mass is 364 g/mol. The van der Waals surface area contributed by atoms with Gasteiger partial charge in [0.2, 0.25) is 10.0 Å². The van der Waals surface area contributed by atoms with E-state index in [4.69, 9.17) is 0 Å². The van der Waals surface area contributed by atoms with E-state index >= 15 is 0 Å². The average Bonchev–Trinajstić information content (AvgIpc) is 3.40. The van der Waals surface area contributed by atoms with E-state index in [1.165, 1.54) is 12.8 Å². The van der Waals surface area contributed by atoms with Crippen LogP contribution in [0.1, 0.15) is 38.2 Å². The molecule has 1 aliphatic heterocycles. The highest BCUT2D eigenvalue weighted by Crippen LogP contribution is 2.22. The van der Waals surface area contributed by atoms with Gasteiger partial charge in [0, 0.05) is 32.7 Å². The molecule has 1 aromatic rings. The zero-order valence-electron chi connectivity index (χ0n) is 15.0. The van der Waals surface area contributed by atoms with Crippen LogP contribution in [-0.4, -0.2) is 45.5 Å². The van der Waals surface area contributed by atoms with Crippen molar-refractivity contribution in [1.82, 2.24) is 14.9 Å². The number of nitrogens with one attached hydrogen (secondary N) is 2. The zero-order valence-corrected chi connectivity index (χ0v) is 15.8. The molecule has 1 aromatic carbocycles. The molecule has 0 amide bonds. The minimum atomic E-state index is -3.37. The molecule has 0 radical (unpaired) electrons. The lowest BCUT2D eigenvalue weighted by Crippen LogP contribution is -2.45. The number of aliphatic imine (C=N–C) groups is 1. The van der Waals surface area contributed by atoms with Gasteiger partial charge < -0.3 is 10.2 Å². The lowest BCUT2D eigenvalue weighted by molar-refractivity contribution is 0.273. The van der Waals surface area contributed by atoms with Crippen LogP contribution in [0.4, 0.5) is 0 Å². The predicted molar refractivity (Wildman–Crippen MR) is 100.0 cm³/mol. The van der Waals surface area contributed by atoms with E-state index in [0.29, 0.717) is 11.4 Å². The van der Waals surface area contributed by atoms with Crippen LogP contribution in [-0.2, 0) is 16.6 Å². The van der Waals surface area contributed by atoms with Crippen LogP contribution in [0.3, 0.4) is 0 Å². The maximum Gasteiger partial charge on any atom is 0.240 e. The third-order valence-electron chi connectivity index (χ3n) is 4.88. The Morgan fingerprint density at radius 2 is 1.80 bits per heavy atom. The predicted octanol–water partition coefficient (Wildman–Crippen LogP) is 1.93. The molecule has 0 aromatic heterocycles. The molecule has 1 saturated heterocycles. The fourth-order valence-corrected chi connectivity index (χ4v) is 4.31. The molecule has 6 nitrogen and oxygen atoms in total. The van der Waals surface area contributed by atoms with Gasteiger partial charge in [-0.2, -0.15) is 0 Å². The Hall–Kier alpha value is -1.60. The van der Waals surface area contributed by atoms with Crippen LogP contribution in [0.2, 0.25) is 0 Å². The van der Waals surface area contributed by atoms with E-state index < -0.39 is 10.0 Å². The fourth-order valence-electron chi connectivity index (χ4n) is 3.01. The van der Waals surface area contributed by atoms with E-state index in [1.807, 2.05) is 12.1 Å². The van der Waals surface area contributed by atoms with E-state index in [1.54, 1.807) is 19.2 Å². The summed E-state index contributed by atoms with van der Waals surface area (Å²) in [6, 6.07) is 7.20. The molecule has 3 rings (SSSR count). The Kier molecular flexibility index (Phi) is 5.64. The largest absolute Gasteiger partial charge is 0.352 e. The number of guanidine groups is 1. The maximum atomic E-state index is 12.2. The van der Waals surface area contributed by atoms with Crippen molar-refractivity contribution in [3.05, 3.63) is 29.8 Å². The number of piperidine rings is 1. The van der Waals surface area contributed by atoms with Crippen molar-refractivity contribution in [2.45, 2.75) is 50.1 Å². The number of rotatable bonds is 5. The first-order valence-corrected chi connectivity index (χ1v) is 10.5. The summed E-state index contributed by atoms with van der Waals surface area (Å²) in [4.78, 5) is 6.99. The minimum Gasteiger partial charge on any atom is -0.352 e. The van der Waals surface area contributed by atoms with Crippen molar-refractivity contribution >= 4 is 16.0 Å². The molecule has 0 atom stereocenters. The smallest absolute Gasteiger partial charge is 0.240 e. The van der Waals surface area contributed by atoms with Crippen molar-refractivity contribution in [3.63, 3.8) is 0 Å². The lowest BCUT2D eigenvalue weighted by Gasteiger charge is -2.32. The van der Waals surface area contributed by atoms with Crippen LogP contribution in [0, 0.1) is 5.92 Å². The number of likely N-dealkylation sites (tertiary alicyclic amines) is 1. The first-order chi connectivity index (χ1) is 12.0. The second kappa shape index (κ2) is 7.74. The van der Waals surface area contributed by atoms with Crippen molar-refractivity contribution in [2.24, 2.45) is 10.9 Å². The van der Waals surface area contributed by atoms with Gasteiger partial charge in [-0.05, 0) is 49.3 Å². The molecular weight excluding hydrogens is 336 g/mol. The summed E-state index contributed by atoms with van der Waals surface area (Å²) in [6.45, 7) is 4.99. The summed E-state index contributed by atoms with van der Waals surface area (Å²) >= 11 is 0. The standard InChI is InChI=1S/C18H28N4O2S/c1-14-9-11-22(12-10-14)18(19-2)20-13-15-3-7-17(8-4-15)25(23,24)21-16-5-6-16/h3-4,7-8,14,16,21H,5-6,9-13H2,1-2H3,(H,19,20). The molecule has 0 spiro atoms. The number of hydrogen-bond acceptors (Lipinski definition) is 3. The normalized spacial score (nSPS) is 19.9. The second-order valence-corrected chi connectivity index (χ2v) is 8.82. The molecule has 1 heterocycles.